The first-order valence-corrected chi connectivity index (χ1v) is 5.65. The Morgan fingerprint density at radius 2 is 1.07 bits per heavy atom. The van der Waals surface area contributed by atoms with Crippen LogP contribution in [0.15, 0.2) is 9.59 Å². The standard InChI is InChI=1S/C10H18N2O2S/c1-9(2,3)11-7(13)8(14)12(15-11)10(4,5)6/h1-6H3. The molecule has 1 aromatic heterocycles. The van der Waals surface area contributed by atoms with Gasteiger partial charge < -0.3 is 0 Å². The average molecular weight is 230 g/mol. The minimum Gasteiger partial charge on any atom is -0.262 e. The molecule has 4 nitrogen and oxygen atoms in total. The molecule has 0 aromatic carbocycles. The normalized spacial score (nSPS) is 13.2. The summed E-state index contributed by atoms with van der Waals surface area (Å²) in [5.74, 6) is 0. The highest BCUT2D eigenvalue weighted by Crippen LogP contribution is 2.18. The van der Waals surface area contributed by atoms with Gasteiger partial charge in [-0.2, -0.15) is 0 Å². The highest BCUT2D eigenvalue weighted by atomic mass is 32.1. The lowest BCUT2D eigenvalue weighted by molar-refractivity contribution is 0.416. The zero-order valence-electron chi connectivity index (χ0n) is 10.1. The molecule has 1 rings (SSSR count). The van der Waals surface area contributed by atoms with Crippen molar-refractivity contribution in [2.45, 2.75) is 52.6 Å². The van der Waals surface area contributed by atoms with Crippen LogP contribution in [0.25, 0.3) is 0 Å². The molecule has 0 amide bonds. The predicted molar refractivity (Wildman–Crippen MR) is 62.8 cm³/mol. The van der Waals surface area contributed by atoms with Gasteiger partial charge in [0.25, 0.3) is 0 Å². The summed E-state index contributed by atoms with van der Waals surface area (Å²) < 4.78 is 3.06. The third-order valence-electron chi connectivity index (χ3n) is 1.93. The first kappa shape index (κ1) is 12.2. The Kier molecular flexibility index (Phi) is 2.72. The number of rotatable bonds is 0. The van der Waals surface area contributed by atoms with Crippen LogP contribution in [0.4, 0.5) is 0 Å². The molecule has 0 N–H and O–H groups in total. The number of hydrogen-bond donors (Lipinski definition) is 0. The quantitative estimate of drug-likeness (QED) is 0.635. The molecule has 0 atom stereocenters. The van der Waals surface area contributed by atoms with Crippen molar-refractivity contribution in [3.63, 3.8) is 0 Å². The van der Waals surface area contributed by atoms with E-state index >= 15 is 0 Å². The van der Waals surface area contributed by atoms with Crippen LogP contribution in [0.2, 0.25) is 0 Å². The summed E-state index contributed by atoms with van der Waals surface area (Å²) >= 11 is 1.21. The van der Waals surface area contributed by atoms with E-state index in [0.717, 1.165) is 0 Å². The molecule has 0 aliphatic rings. The summed E-state index contributed by atoms with van der Waals surface area (Å²) in [5.41, 5.74) is -1.53. The van der Waals surface area contributed by atoms with Gasteiger partial charge in [-0.25, -0.2) is 7.91 Å². The van der Waals surface area contributed by atoms with Gasteiger partial charge in [-0.1, -0.05) is 0 Å². The van der Waals surface area contributed by atoms with E-state index in [1.165, 1.54) is 19.6 Å². The Hall–Kier alpha value is -0.840. The maximum absolute atomic E-state index is 11.7. The van der Waals surface area contributed by atoms with Crippen LogP contribution in [0, 0.1) is 0 Å². The Morgan fingerprint density at radius 3 is 1.20 bits per heavy atom. The second kappa shape index (κ2) is 3.33. The molecule has 0 fully saturated rings. The van der Waals surface area contributed by atoms with E-state index in [-0.39, 0.29) is 11.1 Å². The molecule has 0 radical (unpaired) electrons. The fourth-order valence-electron chi connectivity index (χ4n) is 1.18. The van der Waals surface area contributed by atoms with Gasteiger partial charge in [0.1, 0.15) is 0 Å². The van der Waals surface area contributed by atoms with Crippen molar-refractivity contribution < 1.29 is 0 Å². The van der Waals surface area contributed by atoms with E-state index in [4.69, 9.17) is 0 Å². The van der Waals surface area contributed by atoms with E-state index in [2.05, 4.69) is 0 Å². The largest absolute Gasteiger partial charge is 0.328 e. The van der Waals surface area contributed by atoms with Crippen LogP contribution >= 0.6 is 11.7 Å². The number of hydrogen-bond acceptors (Lipinski definition) is 3. The van der Waals surface area contributed by atoms with Crippen molar-refractivity contribution in [3.8, 4) is 0 Å². The zero-order valence-corrected chi connectivity index (χ0v) is 10.9. The van der Waals surface area contributed by atoms with Crippen molar-refractivity contribution in [3.05, 3.63) is 20.7 Å². The van der Waals surface area contributed by atoms with Gasteiger partial charge in [0.2, 0.25) is 0 Å². The summed E-state index contributed by atoms with van der Waals surface area (Å²) in [4.78, 5) is 23.4. The molecule has 5 heteroatoms. The van der Waals surface area contributed by atoms with Crippen molar-refractivity contribution in [1.82, 2.24) is 7.91 Å². The molecule has 0 saturated heterocycles. The van der Waals surface area contributed by atoms with E-state index < -0.39 is 11.1 Å². The Labute approximate surface area is 93.5 Å². The monoisotopic (exact) mass is 230 g/mol. The SMILES string of the molecule is CC(C)(C)n1sn(C(C)(C)C)c(=O)c1=O. The molecule has 0 saturated carbocycles. The van der Waals surface area contributed by atoms with Gasteiger partial charge in [0.05, 0.1) is 11.1 Å². The minimum atomic E-state index is -0.428. The van der Waals surface area contributed by atoms with Crippen LogP contribution in [-0.4, -0.2) is 7.91 Å². The summed E-state index contributed by atoms with van der Waals surface area (Å²) in [6.45, 7) is 11.5. The molecule has 0 bridgehead atoms. The van der Waals surface area contributed by atoms with Crippen molar-refractivity contribution in [2.75, 3.05) is 0 Å². The summed E-state index contributed by atoms with van der Waals surface area (Å²) in [7, 11) is 0. The van der Waals surface area contributed by atoms with Gasteiger partial charge in [-0.05, 0) is 41.5 Å². The fraction of sp³-hybridized carbons (Fsp3) is 0.800. The lowest BCUT2D eigenvalue weighted by Crippen LogP contribution is -2.39. The second-order valence-electron chi connectivity index (χ2n) is 5.62. The van der Waals surface area contributed by atoms with Crippen LogP contribution in [-0.2, 0) is 11.1 Å². The van der Waals surface area contributed by atoms with Gasteiger partial charge in [0, 0.05) is 11.7 Å². The summed E-state index contributed by atoms with van der Waals surface area (Å²) in [6, 6.07) is 0. The van der Waals surface area contributed by atoms with Crippen molar-refractivity contribution >= 4 is 11.7 Å². The molecule has 1 aromatic rings. The maximum Gasteiger partial charge on any atom is 0.328 e. The maximum atomic E-state index is 11.7. The van der Waals surface area contributed by atoms with E-state index in [9.17, 15) is 9.59 Å². The molecule has 0 unspecified atom stereocenters. The van der Waals surface area contributed by atoms with Crippen LogP contribution < -0.4 is 11.1 Å². The lowest BCUT2D eigenvalue weighted by Gasteiger charge is -2.20. The first-order chi connectivity index (χ1) is 6.55. The lowest BCUT2D eigenvalue weighted by atomic mass is 10.1. The third-order valence-corrected chi connectivity index (χ3v) is 3.69. The van der Waals surface area contributed by atoms with Gasteiger partial charge in [0.15, 0.2) is 0 Å². The van der Waals surface area contributed by atoms with Gasteiger partial charge >= 0.3 is 11.1 Å². The average Bonchev–Trinajstić information content (AvgIpc) is 2.26. The fourth-order valence-corrected chi connectivity index (χ4v) is 2.14. The van der Waals surface area contributed by atoms with Crippen LogP contribution in [0.5, 0.6) is 0 Å². The van der Waals surface area contributed by atoms with Crippen molar-refractivity contribution in [1.29, 1.82) is 0 Å². The Balaban J connectivity index is 3.53. The third kappa shape index (κ3) is 2.22. The summed E-state index contributed by atoms with van der Waals surface area (Å²) in [5, 5.41) is 0. The highest BCUT2D eigenvalue weighted by Gasteiger charge is 2.25. The number of aromatic nitrogens is 2. The highest BCUT2D eigenvalue weighted by molar-refractivity contribution is 7.00. The zero-order chi connectivity index (χ0) is 12.0. The topological polar surface area (TPSA) is 44.0 Å². The van der Waals surface area contributed by atoms with Crippen LogP contribution in [0.1, 0.15) is 41.5 Å². The minimum absolute atomic E-state index is 0.336. The van der Waals surface area contributed by atoms with E-state index in [1.54, 1.807) is 0 Å². The molecular weight excluding hydrogens is 212 g/mol. The predicted octanol–water partition coefficient (Wildman–Crippen LogP) is 1.58. The smallest absolute Gasteiger partial charge is 0.262 e. The van der Waals surface area contributed by atoms with E-state index in [0.29, 0.717) is 0 Å². The van der Waals surface area contributed by atoms with E-state index in [1.807, 2.05) is 41.5 Å². The first-order valence-electron chi connectivity index (χ1n) is 4.92. The summed E-state index contributed by atoms with van der Waals surface area (Å²) in [6.07, 6.45) is 0. The molecule has 0 aliphatic heterocycles. The molecule has 15 heavy (non-hydrogen) atoms. The second-order valence-corrected chi connectivity index (χ2v) is 6.52. The number of nitrogens with zero attached hydrogens (tertiary/aromatic N) is 2. The molecule has 86 valence electrons. The van der Waals surface area contributed by atoms with Gasteiger partial charge in [-0.3, -0.25) is 9.59 Å². The Bertz CT molecular complexity index is 423. The molecule has 1 heterocycles. The molecule has 0 spiro atoms. The molecular formula is C10H18N2O2S. The Morgan fingerprint density at radius 1 is 0.800 bits per heavy atom. The molecule has 0 aliphatic carbocycles. The van der Waals surface area contributed by atoms with Gasteiger partial charge in [-0.15, -0.1) is 0 Å². The van der Waals surface area contributed by atoms with Crippen molar-refractivity contribution in [2.24, 2.45) is 0 Å². The van der Waals surface area contributed by atoms with Crippen LogP contribution in [0.3, 0.4) is 0 Å².